The van der Waals surface area contributed by atoms with Crippen molar-refractivity contribution in [2.75, 3.05) is 0 Å². The zero-order valence-corrected chi connectivity index (χ0v) is 16.4. The van der Waals surface area contributed by atoms with Gasteiger partial charge in [-0.3, -0.25) is 4.79 Å². The molecule has 2 fully saturated rings. The van der Waals surface area contributed by atoms with Gasteiger partial charge in [0.15, 0.2) is 0 Å². The highest BCUT2D eigenvalue weighted by Gasteiger charge is 2.30. The Morgan fingerprint density at radius 3 is 2.31 bits per heavy atom. The molecular formula is C23H35NO2. The van der Waals surface area contributed by atoms with Gasteiger partial charge in [-0.05, 0) is 76.0 Å². The SMILES string of the molecule is CCCC1CCC(C(=O)OC2CCC(CC/C=C/C=CC#N)CC2)CC1. The van der Waals surface area contributed by atoms with Gasteiger partial charge in [0.05, 0.1) is 12.0 Å². The van der Waals surface area contributed by atoms with Crippen LogP contribution in [0.1, 0.15) is 84.0 Å². The van der Waals surface area contributed by atoms with E-state index < -0.39 is 0 Å². The van der Waals surface area contributed by atoms with E-state index in [0.717, 1.165) is 43.9 Å². The van der Waals surface area contributed by atoms with E-state index in [1.165, 1.54) is 51.0 Å². The number of nitrogens with zero attached hydrogens (tertiary/aromatic N) is 1. The Kier molecular flexibility index (Phi) is 9.53. The molecule has 0 N–H and O–H groups in total. The summed E-state index contributed by atoms with van der Waals surface area (Å²) in [5.41, 5.74) is 0. The summed E-state index contributed by atoms with van der Waals surface area (Å²) in [6.07, 6.45) is 21.2. The van der Waals surface area contributed by atoms with Gasteiger partial charge in [-0.1, -0.05) is 38.0 Å². The maximum Gasteiger partial charge on any atom is 0.309 e. The van der Waals surface area contributed by atoms with Crippen molar-refractivity contribution < 1.29 is 9.53 Å². The first kappa shape index (κ1) is 20.7. The number of rotatable bonds is 8. The van der Waals surface area contributed by atoms with Gasteiger partial charge in [-0.15, -0.1) is 0 Å². The number of carbonyl (C=O) groups excluding carboxylic acids is 1. The molecule has 3 heteroatoms. The molecule has 0 radical (unpaired) electrons. The number of carbonyl (C=O) groups is 1. The molecule has 0 saturated heterocycles. The van der Waals surface area contributed by atoms with Crippen molar-refractivity contribution in [1.29, 1.82) is 5.26 Å². The summed E-state index contributed by atoms with van der Waals surface area (Å²) in [6.45, 7) is 2.25. The summed E-state index contributed by atoms with van der Waals surface area (Å²) in [6, 6.07) is 1.99. The lowest BCUT2D eigenvalue weighted by molar-refractivity contribution is -0.157. The van der Waals surface area contributed by atoms with Crippen molar-refractivity contribution in [3.05, 3.63) is 24.3 Å². The zero-order chi connectivity index (χ0) is 18.6. The average Bonchev–Trinajstić information content (AvgIpc) is 2.66. The maximum atomic E-state index is 12.4. The molecule has 0 aromatic carbocycles. The van der Waals surface area contributed by atoms with E-state index in [2.05, 4.69) is 13.0 Å². The highest BCUT2D eigenvalue weighted by Crippen LogP contribution is 2.34. The second kappa shape index (κ2) is 11.9. The third kappa shape index (κ3) is 7.36. The highest BCUT2D eigenvalue weighted by atomic mass is 16.5. The van der Waals surface area contributed by atoms with Gasteiger partial charge in [0, 0.05) is 6.08 Å². The summed E-state index contributed by atoms with van der Waals surface area (Å²) in [4.78, 5) is 12.4. The number of allylic oxidation sites excluding steroid dienone is 4. The Labute approximate surface area is 159 Å². The fraction of sp³-hybridized carbons (Fsp3) is 0.739. The number of esters is 1. The van der Waals surface area contributed by atoms with Gasteiger partial charge in [0.1, 0.15) is 6.10 Å². The van der Waals surface area contributed by atoms with Crippen LogP contribution in [0.3, 0.4) is 0 Å². The molecule has 144 valence electrons. The molecule has 0 heterocycles. The first-order valence-corrected chi connectivity index (χ1v) is 10.6. The average molecular weight is 358 g/mol. The fourth-order valence-electron chi connectivity index (χ4n) is 4.50. The van der Waals surface area contributed by atoms with Crippen LogP contribution in [-0.4, -0.2) is 12.1 Å². The molecule has 3 nitrogen and oxygen atoms in total. The van der Waals surface area contributed by atoms with Crippen LogP contribution < -0.4 is 0 Å². The second-order valence-electron chi connectivity index (χ2n) is 8.08. The Morgan fingerprint density at radius 2 is 1.65 bits per heavy atom. The topological polar surface area (TPSA) is 50.1 Å². The largest absolute Gasteiger partial charge is 0.462 e. The van der Waals surface area contributed by atoms with E-state index in [0.29, 0.717) is 0 Å². The van der Waals surface area contributed by atoms with Crippen molar-refractivity contribution >= 4 is 5.97 Å². The van der Waals surface area contributed by atoms with Crippen molar-refractivity contribution in [1.82, 2.24) is 0 Å². The van der Waals surface area contributed by atoms with E-state index in [4.69, 9.17) is 10.00 Å². The second-order valence-corrected chi connectivity index (χ2v) is 8.08. The van der Waals surface area contributed by atoms with Crippen molar-refractivity contribution in [2.24, 2.45) is 17.8 Å². The van der Waals surface area contributed by atoms with Crippen LogP contribution in [-0.2, 0) is 9.53 Å². The Morgan fingerprint density at radius 1 is 1.00 bits per heavy atom. The molecule has 2 aliphatic rings. The first-order chi connectivity index (χ1) is 12.7. The summed E-state index contributed by atoms with van der Waals surface area (Å²) in [5.74, 6) is 1.83. The lowest BCUT2D eigenvalue weighted by atomic mass is 9.80. The molecule has 0 amide bonds. The van der Waals surface area contributed by atoms with Gasteiger partial charge in [-0.2, -0.15) is 5.26 Å². The quantitative estimate of drug-likeness (QED) is 0.299. The molecule has 0 aromatic rings. The number of ether oxygens (including phenoxy) is 1. The summed E-state index contributed by atoms with van der Waals surface area (Å²) in [7, 11) is 0. The van der Waals surface area contributed by atoms with Crippen LogP contribution in [0.25, 0.3) is 0 Å². The lowest BCUT2D eigenvalue weighted by Crippen LogP contribution is -2.30. The van der Waals surface area contributed by atoms with Gasteiger partial charge < -0.3 is 4.74 Å². The van der Waals surface area contributed by atoms with E-state index in [1.807, 2.05) is 12.1 Å². The van der Waals surface area contributed by atoms with Gasteiger partial charge in [-0.25, -0.2) is 0 Å². The first-order valence-electron chi connectivity index (χ1n) is 10.6. The fourth-order valence-corrected chi connectivity index (χ4v) is 4.50. The number of hydrogen-bond donors (Lipinski definition) is 0. The summed E-state index contributed by atoms with van der Waals surface area (Å²) in [5, 5.41) is 8.42. The third-order valence-corrected chi connectivity index (χ3v) is 6.11. The van der Waals surface area contributed by atoms with Crippen molar-refractivity contribution in [2.45, 2.75) is 90.1 Å². The molecule has 2 saturated carbocycles. The predicted octanol–water partition coefficient (Wildman–Crippen LogP) is 6.11. The zero-order valence-electron chi connectivity index (χ0n) is 16.4. The monoisotopic (exact) mass is 357 g/mol. The molecule has 2 rings (SSSR count). The normalized spacial score (nSPS) is 29.7. The van der Waals surface area contributed by atoms with Crippen LogP contribution >= 0.6 is 0 Å². The van der Waals surface area contributed by atoms with Crippen LogP contribution in [0.15, 0.2) is 24.3 Å². The summed E-state index contributed by atoms with van der Waals surface area (Å²) < 4.78 is 5.85. The number of hydrogen-bond acceptors (Lipinski definition) is 3. The molecule has 0 atom stereocenters. The third-order valence-electron chi connectivity index (χ3n) is 6.11. The molecule has 0 spiro atoms. The van der Waals surface area contributed by atoms with Gasteiger partial charge >= 0.3 is 5.97 Å². The Hall–Kier alpha value is -1.56. The van der Waals surface area contributed by atoms with Gasteiger partial charge in [0.2, 0.25) is 0 Å². The van der Waals surface area contributed by atoms with Crippen LogP contribution in [0.4, 0.5) is 0 Å². The molecule has 26 heavy (non-hydrogen) atoms. The summed E-state index contributed by atoms with van der Waals surface area (Å²) >= 11 is 0. The lowest BCUT2D eigenvalue weighted by Gasteiger charge is -2.31. The number of nitriles is 1. The highest BCUT2D eigenvalue weighted by molar-refractivity contribution is 5.72. The maximum absolute atomic E-state index is 12.4. The van der Waals surface area contributed by atoms with E-state index in [-0.39, 0.29) is 18.0 Å². The van der Waals surface area contributed by atoms with Crippen LogP contribution in [0, 0.1) is 29.1 Å². The molecule has 0 aliphatic heterocycles. The molecular weight excluding hydrogens is 322 g/mol. The van der Waals surface area contributed by atoms with E-state index >= 15 is 0 Å². The minimum Gasteiger partial charge on any atom is -0.462 e. The molecule has 0 unspecified atom stereocenters. The molecule has 0 aromatic heterocycles. The smallest absolute Gasteiger partial charge is 0.309 e. The minimum atomic E-state index is 0.0793. The minimum absolute atomic E-state index is 0.0793. The van der Waals surface area contributed by atoms with Crippen LogP contribution in [0.2, 0.25) is 0 Å². The van der Waals surface area contributed by atoms with Crippen LogP contribution in [0.5, 0.6) is 0 Å². The standard InChI is InChI=1S/C23H35NO2/c1-2-8-19-10-14-21(15-11-19)23(25)26-22-16-12-20(13-17-22)9-6-4-3-5-7-18-24/h3-5,7,19-22H,2,6,8-17H2,1H3/b4-3+,7-5?. The van der Waals surface area contributed by atoms with E-state index in [9.17, 15) is 4.79 Å². The van der Waals surface area contributed by atoms with Gasteiger partial charge in [0.25, 0.3) is 0 Å². The molecule has 0 bridgehead atoms. The Bertz CT molecular complexity index is 501. The Balaban J connectivity index is 1.60. The van der Waals surface area contributed by atoms with E-state index in [1.54, 1.807) is 6.08 Å². The van der Waals surface area contributed by atoms with Crippen molar-refractivity contribution in [3.63, 3.8) is 0 Å². The van der Waals surface area contributed by atoms with Crippen molar-refractivity contribution in [3.8, 4) is 6.07 Å². The molecule has 2 aliphatic carbocycles. The predicted molar refractivity (Wildman–Crippen MR) is 105 cm³/mol.